The second-order valence-corrected chi connectivity index (χ2v) is 2.06. The molecule has 1 amide bonds. The molecular formula is C7H13NO3. The number of amides is 1. The zero-order valence-electron chi connectivity index (χ0n) is 6.85. The van der Waals surface area contributed by atoms with Crippen molar-refractivity contribution in [2.45, 2.75) is 26.7 Å². The Kier molecular flexibility index (Phi) is 5.37. The SMILES string of the molecule is CCC(=O)CONC(=O)CC. The van der Waals surface area contributed by atoms with Crippen molar-refractivity contribution in [1.82, 2.24) is 5.48 Å². The van der Waals surface area contributed by atoms with Gasteiger partial charge in [-0.25, -0.2) is 5.48 Å². The lowest BCUT2D eigenvalue weighted by molar-refractivity contribution is -0.137. The molecule has 0 heterocycles. The molecule has 0 bridgehead atoms. The van der Waals surface area contributed by atoms with Crippen LogP contribution in [0.25, 0.3) is 0 Å². The topological polar surface area (TPSA) is 55.4 Å². The van der Waals surface area contributed by atoms with Gasteiger partial charge in [-0.1, -0.05) is 13.8 Å². The van der Waals surface area contributed by atoms with Crippen LogP contribution in [0, 0.1) is 0 Å². The van der Waals surface area contributed by atoms with Gasteiger partial charge >= 0.3 is 0 Å². The minimum atomic E-state index is -0.214. The van der Waals surface area contributed by atoms with Gasteiger partial charge in [0, 0.05) is 12.8 Å². The van der Waals surface area contributed by atoms with Gasteiger partial charge in [0.25, 0.3) is 0 Å². The first-order valence-electron chi connectivity index (χ1n) is 3.63. The van der Waals surface area contributed by atoms with Crippen molar-refractivity contribution in [3.05, 3.63) is 0 Å². The Morgan fingerprint density at radius 3 is 2.36 bits per heavy atom. The smallest absolute Gasteiger partial charge is 0.243 e. The molecular weight excluding hydrogens is 146 g/mol. The first-order chi connectivity index (χ1) is 5.20. The number of hydrogen-bond acceptors (Lipinski definition) is 3. The van der Waals surface area contributed by atoms with Crippen molar-refractivity contribution < 1.29 is 14.4 Å². The standard InChI is InChI=1S/C7H13NO3/c1-3-6(9)5-11-8-7(10)4-2/h3-5H2,1-2H3,(H,8,10). The maximum absolute atomic E-state index is 10.6. The summed E-state index contributed by atoms with van der Waals surface area (Å²) in [5.74, 6) is -0.240. The van der Waals surface area contributed by atoms with Crippen LogP contribution in [0.15, 0.2) is 0 Å². The lowest BCUT2D eigenvalue weighted by Gasteiger charge is -2.01. The summed E-state index contributed by atoms with van der Waals surface area (Å²) >= 11 is 0. The van der Waals surface area contributed by atoms with Gasteiger partial charge in [-0.2, -0.15) is 0 Å². The molecule has 0 aliphatic carbocycles. The third kappa shape index (κ3) is 5.54. The molecule has 0 aliphatic heterocycles. The summed E-state index contributed by atoms with van der Waals surface area (Å²) in [5.41, 5.74) is 2.14. The number of carbonyl (C=O) groups excluding carboxylic acids is 2. The number of nitrogens with one attached hydrogen (secondary N) is 1. The Balaban J connectivity index is 3.27. The fourth-order valence-electron chi connectivity index (χ4n) is 0.371. The van der Waals surface area contributed by atoms with E-state index >= 15 is 0 Å². The van der Waals surface area contributed by atoms with Crippen LogP contribution < -0.4 is 5.48 Å². The Bertz CT molecular complexity index is 129. The Morgan fingerprint density at radius 2 is 1.91 bits per heavy atom. The van der Waals surface area contributed by atoms with Crippen LogP contribution in [-0.2, 0) is 14.4 Å². The first-order valence-corrected chi connectivity index (χ1v) is 3.63. The maximum Gasteiger partial charge on any atom is 0.243 e. The zero-order valence-corrected chi connectivity index (χ0v) is 6.85. The van der Waals surface area contributed by atoms with E-state index < -0.39 is 0 Å². The summed E-state index contributed by atoms with van der Waals surface area (Å²) in [7, 11) is 0. The molecule has 0 fully saturated rings. The molecule has 0 aliphatic rings. The molecule has 0 aromatic heterocycles. The Labute approximate surface area is 65.9 Å². The molecule has 0 saturated heterocycles. The van der Waals surface area contributed by atoms with E-state index in [1.165, 1.54) is 0 Å². The molecule has 0 atom stereocenters. The van der Waals surface area contributed by atoms with E-state index in [-0.39, 0.29) is 18.3 Å². The highest BCUT2D eigenvalue weighted by molar-refractivity contribution is 5.79. The van der Waals surface area contributed by atoms with Gasteiger partial charge in [-0.15, -0.1) is 0 Å². The van der Waals surface area contributed by atoms with Gasteiger partial charge in [0.15, 0.2) is 5.78 Å². The van der Waals surface area contributed by atoms with Crippen molar-refractivity contribution in [3.63, 3.8) is 0 Å². The summed E-state index contributed by atoms with van der Waals surface area (Å²) in [6.45, 7) is 3.41. The number of carbonyl (C=O) groups is 2. The molecule has 0 aromatic rings. The van der Waals surface area contributed by atoms with Crippen molar-refractivity contribution in [3.8, 4) is 0 Å². The molecule has 4 heteroatoms. The third-order valence-electron chi connectivity index (χ3n) is 1.13. The van der Waals surface area contributed by atoms with Gasteiger partial charge in [0.1, 0.15) is 6.61 Å². The van der Waals surface area contributed by atoms with Crippen LogP contribution in [0.2, 0.25) is 0 Å². The highest BCUT2D eigenvalue weighted by atomic mass is 16.7. The van der Waals surface area contributed by atoms with Crippen molar-refractivity contribution >= 4 is 11.7 Å². The monoisotopic (exact) mass is 159 g/mol. The second kappa shape index (κ2) is 5.85. The third-order valence-corrected chi connectivity index (χ3v) is 1.13. The fraction of sp³-hybridized carbons (Fsp3) is 0.714. The van der Waals surface area contributed by atoms with Crippen LogP contribution >= 0.6 is 0 Å². The van der Waals surface area contributed by atoms with Crippen molar-refractivity contribution in [1.29, 1.82) is 0 Å². The number of hydroxylamine groups is 1. The van der Waals surface area contributed by atoms with Gasteiger partial charge < -0.3 is 0 Å². The summed E-state index contributed by atoms with van der Waals surface area (Å²) in [6.07, 6.45) is 0.794. The predicted molar refractivity (Wildman–Crippen MR) is 39.7 cm³/mol. The number of rotatable bonds is 5. The van der Waals surface area contributed by atoms with Gasteiger partial charge in [-0.3, -0.25) is 14.4 Å². The lowest BCUT2D eigenvalue weighted by atomic mass is 10.3. The molecule has 0 saturated carbocycles. The minimum Gasteiger partial charge on any atom is -0.297 e. The van der Waals surface area contributed by atoms with Gasteiger partial charge in [0.05, 0.1) is 0 Å². The molecule has 1 N–H and O–H groups in total. The molecule has 0 spiro atoms. The molecule has 4 nitrogen and oxygen atoms in total. The summed E-state index contributed by atoms with van der Waals surface area (Å²) < 4.78 is 0. The minimum absolute atomic E-state index is 0.0265. The summed E-state index contributed by atoms with van der Waals surface area (Å²) in [6, 6.07) is 0. The van der Waals surface area contributed by atoms with Crippen LogP contribution in [0.1, 0.15) is 26.7 Å². The number of hydrogen-bond donors (Lipinski definition) is 1. The van der Waals surface area contributed by atoms with E-state index in [9.17, 15) is 9.59 Å². The van der Waals surface area contributed by atoms with Crippen molar-refractivity contribution in [2.24, 2.45) is 0 Å². The second-order valence-electron chi connectivity index (χ2n) is 2.06. The van der Waals surface area contributed by atoms with Crippen LogP contribution in [-0.4, -0.2) is 18.3 Å². The van der Waals surface area contributed by atoms with E-state index in [1.54, 1.807) is 13.8 Å². The molecule has 0 aromatic carbocycles. The molecule has 0 unspecified atom stereocenters. The number of ketones is 1. The molecule has 11 heavy (non-hydrogen) atoms. The average Bonchev–Trinajstić information content (AvgIpc) is 2.04. The molecule has 0 radical (unpaired) electrons. The summed E-state index contributed by atoms with van der Waals surface area (Å²) in [5, 5.41) is 0. The van der Waals surface area contributed by atoms with Crippen LogP contribution in [0.5, 0.6) is 0 Å². The van der Waals surface area contributed by atoms with E-state index in [0.717, 1.165) is 0 Å². The van der Waals surface area contributed by atoms with E-state index in [0.29, 0.717) is 12.8 Å². The lowest BCUT2D eigenvalue weighted by Crippen LogP contribution is -2.25. The molecule has 64 valence electrons. The largest absolute Gasteiger partial charge is 0.297 e. The average molecular weight is 159 g/mol. The maximum atomic E-state index is 10.6. The van der Waals surface area contributed by atoms with Gasteiger partial charge in [-0.05, 0) is 0 Å². The van der Waals surface area contributed by atoms with Crippen LogP contribution in [0.4, 0.5) is 0 Å². The molecule has 0 rings (SSSR count). The van der Waals surface area contributed by atoms with E-state index in [4.69, 9.17) is 0 Å². The Hall–Kier alpha value is -0.900. The normalized spacial score (nSPS) is 9.27. The quantitative estimate of drug-likeness (QED) is 0.591. The first kappa shape index (κ1) is 10.1. The number of Topliss-reactive ketones (excluding diaryl/α,β-unsaturated/α-hetero) is 1. The Morgan fingerprint density at radius 1 is 1.27 bits per heavy atom. The van der Waals surface area contributed by atoms with E-state index in [2.05, 4.69) is 10.3 Å². The van der Waals surface area contributed by atoms with Crippen LogP contribution in [0.3, 0.4) is 0 Å². The zero-order chi connectivity index (χ0) is 8.69. The van der Waals surface area contributed by atoms with E-state index in [1.807, 2.05) is 0 Å². The van der Waals surface area contributed by atoms with Crippen molar-refractivity contribution in [2.75, 3.05) is 6.61 Å². The highest BCUT2D eigenvalue weighted by Gasteiger charge is 1.99. The summed E-state index contributed by atoms with van der Waals surface area (Å²) in [4.78, 5) is 25.7. The van der Waals surface area contributed by atoms with Gasteiger partial charge in [0.2, 0.25) is 5.91 Å². The fourth-order valence-corrected chi connectivity index (χ4v) is 0.371. The highest BCUT2D eigenvalue weighted by Crippen LogP contribution is 1.81. The predicted octanol–water partition coefficient (Wildman–Crippen LogP) is 0.423.